The highest BCUT2D eigenvalue weighted by molar-refractivity contribution is 7.92. The van der Waals surface area contributed by atoms with Gasteiger partial charge in [-0.25, -0.2) is 8.42 Å². The van der Waals surface area contributed by atoms with Crippen LogP contribution in [0.5, 0.6) is 0 Å². The van der Waals surface area contributed by atoms with Crippen LogP contribution in [-0.2, 0) is 10.0 Å². The summed E-state index contributed by atoms with van der Waals surface area (Å²) >= 11 is 0. The molecule has 2 aromatic rings. The fourth-order valence-electron chi connectivity index (χ4n) is 2.32. The van der Waals surface area contributed by atoms with Crippen LogP contribution in [-0.4, -0.2) is 14.7 Å². The predicted octanol–water partition coefficient (Wildman–Crippen LogP) is 4.33. The van der Waals surface area contributed by atoms with E-state index in [-0.39, 0.29) is 16.8 Å². The molecule has 0 bridgehead atoms. The van der Waals surface area contributed by atoms with Gasteiger partial charge in [-0.1, -0.05) is 35.9 Å². The number of hydrogen-bond donors (Lipinski definition) is 0. The van der Waals surface area contributed by atoms with Crippen LogP contribution in [0.25, 0.3) is 0 Å². The zero-order chi connectivity index (χ0) is 17.4. The van der Waals surface area contributed by atoms with Gasteiger partial charge >= 0.3 is 6.30 Å². The first-order valence-electron chi connectivity index (χ1n) is 6.80. The van der Waals surface area contributed by atoms with Gasteiger partial charge in [0.2, 0.25) is 0 Å². The minimum absolute atomic E-state index is 0.234. The van der Waals surface area contributed by atoms with Crippen molar-refractivity contribution >= 4 is 15.7 Å². The number of rotatable bonds is 3. The van der Waals surface area contributed by atoms with Gasteiger partial charge in [0, 0.05) is 0 Å². The topological polar surface area (TPSA) is 37.4 Å². The molecule has 0 spiro atoms. The summed E-state index contributed by atoms with van der Waals surface area (Å²) in [5.74, 6) is 0. The van der Waals surface area contributed by atoms with Crippen molar-refractivity contribution in [3.63, 3.8) is 0 Å². The molecule has 0 saturated heterocycles. The molecule has 0 radical (unpaired) electrons. The molecule has 3 nitrogen and oxygen atoms in total. The number of alkyl halides is 3. The predicted molar refractivity (Wildman–Crippen MR) is 82.8 cm³/mol. The van der Waals surface area contributed by atoms with Crippen LogP contribution in [0.3, 0.4) is 0 Å². The van der Waals surface area contributed by atoms with Gasteiger partial charge < -0.3 is 0 Å². The van der Waals surface area contributed by atoms with Crippen LogP contribution in [0.4, 0.5) is 18.9 Å². The molecule has 0 unspecified atom stereocenters. The number of para-hydroxylation sites is 1. The first-order chi connectivity index (χ1) is 10.5. The number of hydrogen-bond acceptors (Lipinski definition) is 2. The molecule has 0 atom stereocenters. The van der Waals surface area contributed by atoms with Crippen molar-refractivity contribution in [1.29, 1.82) is 0 Å². The van der Waals surface area contributed by atoms with Gasteiger partial charge in [0.15, 0.2) is 0 Å². The smallest absolute Gasteiger partial charge is 0.201 e. The minimum atomic E-state index is -5.07. The molecular formula is C16H16F3NO2S. The molecule has 2 aromatic carbocycles. The summed E-state index contributed by atoms with van der Waals surface area (Å²) in [6.45, 7) is 4.63. The van der Waals surface area contributed by atoms with Crippen molar-refractivity contribution in [2.24, 2.45) is 0 Å². The molecule has 7 heteroatoms. The number of halogens is 3. The lowest BCUT2D eigenvalue weighted by atomic mass is 10.1. The molecule has 0 heterocycles. The van der Waals surface area contributed by atoms with E-state index in [1.165, 1.54) is 50.2 Å². The highest BCUT2D eigenvalue weighted by Crippen LogP contribution is 2.38. The Labute approximate surface area is 133 Å². The highest BCUT2D eigenvalue weighted by atomic mass is 32.2. The molecule has 0 amide bonds. The van der Waals surface area contributed by atoms with E-state index in [0.29, 0.717) is 0 Å². The van der Waals surface area contributed by atoms with Crippen LogP contribution >= 0.6 is 0 Å². The van der Waals surface area contributed by atoms with E-state index in [1.54, 1.807) is 13.0 Å². The SMILES string of the molecule is Cc1ccc(S(=O)(=O)N(c2c(C)cccc2C)C(F)(F)F)cc1. The van der Waals surface area contributed by atoms with Crippen LogP contribution in [0, 0.1) is 20.8 Å². The minimum Gasteiger partial charge on any atom is -0.201 e. The van der Waals surface area contributed by atoms with Gasteiger partial charge in [0.05, 0.1) is 10.6 Å². The molecule has 23 heavy (non-hydrogen) atoms. The maximum absolute atomic E-state index is 13.6. The van der Waals surface area contributed by atoms with E-state index in [9.17, 15) is 21.6 Å². The Balaban J connectivity index is 2.72. The van der Waals surface area contributed by atoms with Crippen LogP contribution in [0.2, 0.25) is 0 Å². The zero-order valence-electron chi connectivity index (χ0n) is 12.8. The van der Waals surface area contributed by atoms with Crippen molar-refractivity contribution in [2.45, 2.75) is 32.0 Å². The fourth-order valence-corrected chi connectivity index (χ4v) is 3.82. The normalized spacial score (nSPS) is 12.3. The van der Waals surface area contributed by atoms with Gasteiger partial charge in [0.1, 0.15) is 0 Å². The lowest BCUT2D eigenvalue weighted by Gasteiger charge is -2.29. The average molecular weight is 343 g/mol. The zero-order valence-corrected chi connectivity index (χ0v) is 13.7. The van der Waals surface area contributed by atoms with Gasteiger partial charge in [-0.15, -0.1) is 13.2 Å². The van der Waals surface area contributed by atoms with Crippen LogP contribution in [0.1, 0.15) is 16.7 Å². The van der Waals surface area contributed by atoms with E-state index in [0.717, 1.165) is 5.56 Å². The summed E-state index contributed by atoms with van der Waals surface area (Å²) < 4.78 is 65.5. The van der Waals surface area contributed by atoms with Crippen LogP contribution < -0.4 is 4.31 Å². The van der Waals surface area contributed by atoms with Crippen molar-refractivity contribution in [1.82, 2.24) is 0 Å². The van der Waals surface area contributed by atoms with Gasteiger partial charge in [-0.2, -0.15) is 4.31 Å². The average Bonchev–Trinajstić information content (AvgIpc) is 2.41. The largest absolute Gasteiger partial charge is 0.498 e. The lowest BCUT2D eigenvalue weighted by molar-refractivity contribution is -0.115. The molecule has 0 aliphatic rings. The molecule has 0 aliphatic carbocycles. The Hall–Kier alpha value is -2.02. The fraction of sp³-hybridized carbons (Fsp3) is 0.250. The number of aryl methyl sites for hydroxylation is 3. The van der Waals surface area contributed by atoms with Crippen molar-refractivity contribution in [3.8, 4) is 0 Å². The second-order valence-corrected chi connectivity index (χ2v) is 7.08. The second-order valence-electron chi connectivity index (χ2n) is 5.29. The Morgan fingerprint density at radius 1 is 0.870 bits per heavy atom. The number of sulfonamides is 1. The molecule has 124 valence electrons. The Kier molecular flexibility index (Phi) is 4.43. The standard InChI is InChI=1S/C16H16F3NO2S/c1-11-7-9-14(10-8-11)23(21,22)20(16(17,18)19)15-12(2)5-4-6-13(15)3/h4-10H,1-3H3. The summed E-state index contributed by atoms with van der Waals surface area (Å²) in [4.78, 5) is -0.400. The Bertz CT molecular complexity index is 792. The van der Waals surface area contributed by atoms with E-state index in [2.05, 4.69) is 0 Å². The summed E-state index contributed by atoms with van der Waals surface area (Å²) in [7, 11) is -4.77. The molecule has 0 N–H and O–H groups in total. The molecule has 0 aliphatic heterocycles. The third kappa shape index (κ3) is 3.34. The van der Waals surface area contributed by atoms with Crippen LogP contribution in [0.15, 0.2) is 47.4 Å². The van der Waals surface area contributed by atoms with Gasteiger partial charge in [-0.3, -0.25) is 0 Å². The number of nitrogens with zero attached hydrogens (tertiary/aromatic N) is 1. The van der Waals surface area contributed by atoms with Gasteiger partial charge in [-0.05, 0) is 44.0 Å². The first-order valence-corrected chi connectivity index (χ1v) is 8.24. The molecule has 0 aromatic heterocycles. The van der Waals surface area contributed by atoms with E-state index in [1.807, 2.05) is 0 Å². The third-order valence-electron chi connectivity index (χ3n) is 3.43. The summed E-state index contributed by atoms with van der Waals surface area (Å²) in [6.07, 6.45) is -5.07. The van der Waals surface area contributed by atoms with Gasteiger partial charge in [0.25, 0.3) is 10.0 Å². The number of benzene rings is 2. The van der Waals surface area contributed by atoms with Crippen molar-refractivity contribution in [3.05, 3.63) is 59.2 Å². The molecular weight excluding hydrogens is 327 g/mol. The highest BCUT2D eigenvalue weighted by Gasteiger charge is 2.47. The Morgan fingerprint density at radius 3 is 1.78 bits per heavy atom. The summed E-state index contributed by atoms with van der Waals surface area (Å²) in [5.41, 5.74) is 0.867. The quantitative estimate of drug-likeness (QED) is 0.778. The van der Waals surface area contributed by atoms with Crippen molar-refractivity contribution < 1.29 is 21.6 Å². The van der Waals surface area contributed by atoms with E-state index in [4.69, 9.17) is 0 Å². The van der Waals surface area contributed by atoms with E-state index >= 15 is 0 Å². The second kappa shape index (κ2) is 5.88. The lowest BCUT2D eigenvalue weighted by Crippen LogP contribution is -2.43. The summed E-state index contributed by atoms with van der Waals surface area (Å²) in [5, 5.41) is 0. The third-order valence-corrected chi connectivity index (χ3v) is 5.17. The maximum Gasteiger partial charge on any atom is 0.498 e. The first kappa shape index (κ1) is 17.3. The molecule has 0 fully saturated rings. The maximum atomic E-state index is 13.6. The van der Waals surface area contributed by atoms with E-state index < -0.39 is 25.5 Å². The summed E-state index contributed by atoms with van der Waals surface area (Å²) in [6, 6.07) is 9.77. The number of anilines is 1. The molecule has 2 rings (SSSR count). The van der Waals surface area contributed by atoms with Crippen molar-refractivity contribution in [2.75, 3.05) is 4.31 Å². The molecule has 0 saturated carbocycles. The Morgan fingerprint density at radius 2 is 1.35 bits per heavy atom. The monoisotopic (exact) mass is 343 g/mol.